The number of aromatic nitrogens is 2. The van der Waals surface area contributed by atoms with E-state index in [0.717, 1.165) is 12.1 Å². The number of nitrogen functional groups attached to an aromatic ring is 1. The maximum absolute atomic E-state index is 12.6. The van der Waals surface area contributed by atoms with Crippen LogP contribution in [-0.2, 0) is 17.0 Å². The molecule has 1 heterocycles. The molecule has 0 fully saturated rings. The third kappa shape index (κ3) is 3.68. The number of rotatable bonds is 3. The van der Waals surface area contributed by atoms with E-state index in [1.165, 1.54) is 6.26 Å². The van der Waals surface area contributed by atoms with Crippen LogP contribution in [0.4, 0.5) is 24.7 Å². The van der Waals surface area contributed by atoms with Gasteiger partial charge in [0.15, 0.2) is 11.7 Å². The van der Waals surface area contributed by atoms with Gasteiger partial charge in [0.05, 0.1) is 27.1 Å². The zero-order chi connectivity index (χ0) is 18.1. The van der Waals surface area contributed by atoms with E-state index in [1.807, 2.05) is 0 Å². The summed E-state index contributed by atoms with van der Waals surface area (Å²) in [6.45, 7) is 0. The first kappa shape index (κ1) is 18.2. The number of aromatic amines is 1. The van der Waals surface area contributed by atoms with Gasteiger partial charge in [0.2, 0.25) is 0 Å². The van der Waals surface area contributed by atoms with Gasteiger partial charge in [-0.25, -0.2) is 4.99 Å². The zero-order valence-electron chi connectivity index (χ0n) is 12.0. The Morgan fingerprint density at radius 3 is 2.67 bits per heavy atom. The quantitative estimate of drug-likeness (QED) is 0.370. The van der Waals surface area contributed by atoms with Gasteiger partial charge in [-0.15, -0.1) is 0 Å². The number of amidine groups is 1. The average molecular weight is 382 g/mol. The molecular weight excluding hydrogens is 371 g/mol. The molecule has 1 unspecified atom stereocenters. The number of nitrogens with one attached hydrogen (secondary N) is 2. The molecule has 0 spiro atoms. The Morgan fingerprint density at radius 1 is 1.50 bits per heavy atom. The van der Waals surface area contributed by atoms with Crippen molar-refractivity contribution in [1.82, 2.24) is 15.7 Å². The van der Waals surface area contributed by atoms with Crippen LogP contribution in [0.15, 0.2) is 28.1 Å². The van der Waals surface area contributed by atoms with E-state index in [2.05, 4.69) is 15.2 Å². The summed E-state index contributed by atoms with van der Waals surface area (Å²) in [6, 6.07) is 2.53. The molecular formula is C12H11ClF3N5O2S. The van der Waals surface area contributed by atoms with Crippen LogP contribution < -0.4 is 11.2 Å². The van der Waals surface area contributed by atoms with Gasteiger partial charge in [0.25, 0.3) is 0 Å². The van der Waals surface area contributed by atoms with Crippen molar-refractivity contribution in [2.24, 2.45) is 4.99 Å². The van der Waals surface area contributed by atoms with Gasteiger partial charge in [-0.3, -0.25) is 20.0 Å². The SMILES string of the molecule is CS(=O)c1c(N)n[nH]c1C(=Nc1ccc(C(F)(F)F)cc1Cl)NO. The first-order chi connectivity index (χ1) is 11.1. The van der Waals surface area contributed by atoms with E-state index in [1.54, 1.807) is 5.48 Å². The highest BCUT2D eigenvalue weighted by Crippen LogP contribution is 2.35. The Bertz CT molecular complexity index is 822. The minimum atomic E-state index is -4.55. The van der Waals surface area contributed by atoms with Gasteiger partial charge in [0, 0.05) is 6.26 Å². The summed E-state index contributed by atoms with van der Waals surface area (Å²) in [6.07, 6.45) is -3.21. The molecule has 1 atom stereocenters. The fourth-order valence-electron chi connectivity index (χ4n) is 1.83. The second kappa shape index (κ2) is 6.79. The molecule has 0 amide bonds. The van der Waals surface area contributed by atoms with Gasteiger partial charge in [-0.05, 0) is 18.2 Å². The highest BCUT2D eigenvalue weighted by molar-refractivity contribution is 7.84. The van der Waals surface area contributed by atoms with E-state index in [-0.39, 0.29) is 33.0 Å². The Labute approximate surface area is 141 Å². The van der Waals surface area contributed by atoms with Crippen LogP contribution in [0.3, 0.4) is 0 Å². The Morgan fingerprint density at radius 2 is 2.17 bits per heavy atom. The van der Waals surface area contributed by atoms with E-state index < -0.39 is 22.5 Å². The van der Waals surface area contributed by atoms with Crippen molar-refractivity contribution in [3.63, 3.8) is 0 Å². The summed E-state index contributed by atoms with van der Waals surface area (Å²) < 4.78 is 49.6. The van der Waals surface area contributed by atoms with Crippen molar-refractivity contribution in [1.29, 1.82) is 0 Å². The Hall–Kier alpha value is -2.11. The lowest BCUT2D eigenvalue weighted by atomic mass is 10.2. The summed E-state index contributed by atoms with van der Waals surface area (Å²) >= 11 is 5.80. The molecule has 0 aliphatic carbocycles. The molecule has 12 heteroatoms. The molecule has 1 aromatic carbocycles. The number of hydroxylamine groups is 1. The molecule has 0 radical (unpaired) electrons. The molecule has 0 aliphatic rings. The second-order valence-corrected chi connectivity index (χ2v) is 6.23. The van der Waals surface area contributed by atoms with Gasteiger partial charge in [0.1, 0.15) is 10.6 Å². The minimum Gasteiger partial charge on any atom is -0.381 e. The first-order valence-corrected chi connectivity index (χ1v) is 8.12. The summed E-state index contributed by atoms with van der Waals surface area (Å²) in [4.78, 5) is 4.00. The van der Waals surface area contributed by atoms with Crippen LogP contribution in [-0.4, -0.2) is 31.7 Å². The monoisotopic (exact) mass is 381 g/mol. The van der Waals surface area contributed by atoms with Crippen LogP contribution in [0.1, 0.15) is 11.3 Å². The number of benzene rings is 1. The summed E-state index contributed by atoms with van der Waals surface area (Å²) in [5.74, 6) is -0.321. The predicted molar refractivity (Wildman–Crippen MR) is 82.9 cm³/mol. The maximum atomic E-state index is 12.6. The normalized spacial score (nSPS) is 13.8. The fraction of sp³-hybridized carbons (Fsp3) is 0.167. The highest BCUT2D eigenvalue weighted by atomic mass is 35.5. The first-order valence-electron chi connectivity index (χ1n) is 6.18. The standard InChI is InChI=1S/C12H11ClF3N5O2S/c1-24(23)9-8(19-20-10(9)17)11(21-22)18-7-3-2-5(4-6(7)13)12(14,15)16/h2-4,22H,1H3,(H,18,21)(H3,17,19,20). The fourth-order valence-corrected chi connectivity index (χ4v) is 2.82. The Kier molecular flexibility index (Phi) is 5.16. The number of aliphatic imine (C=N–C) groups is 1. The van der Waals surface area contributed by atoms with Crippen molar-refractivity contribution in [2.75, 3.05) is 12.0 Å². The van der Waals surface area contributed by atoms with E-state index in [0.29, 0.717) is 6.07 Å². The zero-order valence-corrected chi connectivity index (χ0v) is 13.6. The molecule has 5 N–H and O–H groups in total. The number of hydrogen-bond donors (Lipinski definition) is 4. The number of hydrogen-bond acceptors (Lipinski definition) is 5. The van der Waals surface area contributed by atoms with Gasteiger partial charge in [-0.1, -0.05) is 11.6 Å². The van der Waals surface area contributed by atoms with Crippen LogP contribution in [0.5, 0.6) is 0 Å². The number of nitrogens with zero attached hydrogens (tertiary/aromatic N) is 2. The van der Waals surface area contributed by atoms with Gasteiger partial charge in [-0.2, -0.15) is 18.3 Å². The molecule has 0 saturated carbocycles. The molecule has 0 bridgehead atoms. The van der Waals surface area contributed by atoms with Crippen LogP contribution in [0.25, 0.3) is 0 Å². The van der Waals surface area contributed by atoms with E-state index in [9.17, 15) is 22.6 Å². The van der Waals surface area contributed by atoms with Crippen molar-refractivity contribution < 1.29 is 22.6 Å². The summed E-state index contributed by atoms with van der Waals surface area (Å²) in [5.41, 5.74) is 6.36. The average Bonchev–Trinajstić information content (AvgIpc) is 2.86. The minimum absolute atomic E-state index is 0.0202. The third-order valence-electron chi connectivity index (χ3n) is 2.89. The van der Waals surface area contributed by atoms with Crippen molar-refractivity contribution in [3.8, 4) is 0 Å². The number of alkyl halides is 3. The Balaban J connectivity index is 2.51. The highest BCUT2D eigenvalue weighted by Gasteiger charge is 2.31. The van der Waals surface area contributed by atoms with Crippen LogP contribution in [0.2, 0.25) is 5.02 Å². The molecule has 0 saturated heterocycles. The largest absolute Gasteiger partial charge is 0.416 e. The molecule has 1 aromatic heterocycles. The van der Waals surface area contributed by atoms with Gasteiger partial charge >= 0.3 is 6.18 Å². The molecule has 24 heavy (non-hydrogen) atoms. The number of H-pyrrole nitrogens is 1. The number of nitrogens with two attached hydrogens (primary N) is 1. The molecule has 7 nitrogen and oxygen atoms in total. The topological polar surface area (TPSA) is 116 Å². The molecule has 2 aromatic rings. The number of anilines is 1. The van der Waals surface area contributed by atoms with E-state index in [4.69, 9.17) is 17.3 Å². The lowest BCUT2D eigenvalue weighted by molar-refractivity contribution is -0.137. The lowest BCUT2D eigenvalue weighted by Crippen LogP contribution is -2.22. The lowest BCUT2D eigenvalue weighted by Gasteiger charge is -2.09. The van der Waals surface area contributed by atoms with Crippen LogP contribution >= 0.6 is 11.6 Å². The predicted octanol–water partition coefficient (Wildman–Crippen LogP) is 2.46. The van der Waals surface area contributed by atoms with Crippen molar-refractivity contribution >= 4 is 39.7 Å². The second-order valence-electron chi connectivity index (χ2n) is 4.50. The van der Waals surface area contributed by atoms with Crippen molar-refractivity contribution in [2.45, 2.75) is 11.1 Å². The third-order valence-corrected chi connectivity index (χ3v) is 4.18. The number of halogens is 4. The molecule has 2 rings (SSSR count). The van der Waals surface area contributed by atoms with Crippen molar-refractivity contribution in [3.05, 3.63) is 34.5 Å². The maximum Gasteiger partial charge on any atom is 0.416 e. The van der Waals surface area contributed by atoms with Gasteiger partial charge < -0.3 is 5.73 Å². The summed E-state index contributed by atoms with van der Waals surface area (Å²) in [7, 11) is -1.55. The van der Waals surface area contributed by atoms with E-state index >= 15 is 0 Å². The molecule has 0 aliphatic heterocycles. The van der Waals surface area contributed by atoms with Crippen LogP contribution in [0, 0.1) is 0 Å². The molecule has 130 valence electrons. The smallest absolute Gasteiger partial charge is 0.381 e. The summed E-state index contributed by atoms with van der Waals surface area (Å²) in [5, 5.41) is 15.1.